The van der Waals surface area contributed by atoms with Gasteiger partial charge in [0, 0.05) is 11.1 Å². The number of carbonyl (C=O) groups excluding carboxylic acids is 1. The number of aromatic amines is 1. The van der Waals surface area contributed by atoms with Crippen molar-refractivity contribution in [3.63, 3.8) is 0 Å². The number of rotatable bonds is 4. The highest BCUT2D eigenvalue weighted by Crippen LogP contribution is 2.23. The Balaban J connectivity index is 1.48. The molecule has 0 saturated heterocycles. The maximum Gasteiger partial charge on any atom is 0.251 e. The lowest BCUT2D eigenvalue weighted by molar-refractivity contribution is 0.0947. The SMILES string of the molecule is Cc1oc(CNC(=O)c2ccc3nc[nH]c3c2)nc1-c1ccccc1. The van der Waals surface area contributed by atoms with Crippen molar-refractivity contribution in [1.29, 1.82) is 0 Å². The topological polar surface area (TPSA) is 83.8 Å². The molecule has 124 valence electrons. The van der Waals surface area contributed by atoms with E-state index in [0.717, 1.165) is 28.1 Å². The number of H-pyrrole nitrogens is 1. The molecular formula is C19H16N4O2. The van der Waals surface area contributed by atoms with Crippen molar-refractivity contribution in [2.24, 2.45) is 0 Å². The predicted molar refractivity (Wildman–Crippen MR) is 93.9 cm³/mol. The van der Waals surface area contributed by atoms with Gasteiger partial charge in [0.25, 0.3) is 5.91 Å². The van der Waals surface area contributed by atoms with E-state index in [9.17, 15) is 4.79 Å². The van der Waals surface area contributed by atoms with Gasteiger partial charge in [-0.3, -0.25) is 4.79 Å². The Morgan fingerprint density at radius 1 is 1.20 bits per heavy atom. The van der Waals surface area contributed by atoms with Crippen LogP contribution in [-0.4, -0.2) is 20.9 Å². The Kier molecular flexibility index (Phi) is 3.78. The summed E-state index contributed by atoms with van der Waals surface area (Å²) in [5, 5.41) is 2.83. The van der Waals surface area contributed by atoms with Crippen molar-refractivity contribution in [3.05, 3.63) is 72.1 Å². The summed E-state index contributed by atoms with van der Waals surface area (Å²) in [7, 11) is 0. The average molecular weight is 332 g/mol. The minimum atomic E-state index is -0.186. The molecule has 6 nitrogen and oxygen atoms in total. The van der Waals surface area contributed by atoms with Crippen LogP contribution in [0.1, 0.15) is 22.0 Å². The number of benzene rings is 2. The molecule has 0 unspecified atom stereocenters. The van der Waals surface area contributed by atoms with Crippen molar-refractivity contribution < 1.29 is 9.21 Å². The predicted octanol–water partition coefficient (Wildman–Crippen LogP) is 3.46. The Morgan fingerprint density at radius 2 is 2.04 bits per heavy atom. The smallest absolute Gasteiger partial charge is 0.251 e. The van der Waals surface area contributed by atoms with Crippen LogP contribution in [-0.2, 0) is 6.54 Å². The molecule has 0 radical (unpaired) electrons. The highest BCUT2D eigenvalue weighted by atomic mass is 16.4. The first-order chi connectivity index (χ1) is 12.2. The van der Waals surface area contributed by atoms with Crippen LogP contribution in [0.5, 0.6) is 0 Å². The van der Waals surface area contributed by atoms with Crippen molar-refractivity contribution >= 4 is 16.9 Å². The largest absolute Gasteiger partial charge is 0.443 e. The Morgan fingerprint density at radius 3 is 2.88 bits per heavy atom. The van der Waals surface area contributed by atoms with E-state index < -0.39 is 0 Å². The number of imidazole rings is 1. The van der Waals surface area contributed by atoms with Gasteiger partial charge in [-0.25, -0.2) is 9.97 Å². The van der Waals surface area contributed by atoms with Crippen LogP contribution < -0.4 is 5.32 Å². The van der Waals surface area contributed by atoms with E-state index in [1.54, 1.807) is 18.5 Å². The number of carbonyl (C=O) groups is 1. The van der Waals surface area contributed by atoms with Crippen LogP contribution >= 0.6 is 0 Å². The summed E-state index contributed by atoms with van der Waals surface area (Å²) in [6.07, 6.45) is 1.60. The van der Waals surface area contributed by atoms with Gasteiger partial charge in [-0.05, 0) is 25.1 Å². The van der Waals surface area contributed by atoms with Crippen LogP contribution in [0, 0.1) is 6.92 Å². The number of nitrogens with zero attached hydrogens (tertiary/aromatic N) is 2. The Hall–Kier alpha value is -3.41. The van der Waals surface area contributed by atoms with Gasteiger partial charge < -0.3 is 14.7 Å². The molecule has 1 amide bonds. The minimum absolute atomic E-state index is 0.186. The quantitative estimate of drug-likeness (QED) is 0.599. The number of amides is 1. The summed E-state index contributed by atoms with van der Waals surface area (Å²) in [5.41, 5.74) is 4.00. The lowest BCUT2D eigenvalue weighted by Gasteiger charge is -2.02. The van der Waals surface area contributed by atoms with E-state index >= 15 is 0 Å². The Labute approximate surface area is 143 Å². The first-order valence-corrected chi connectivity index (χ1v) is 7.94. The normalized spacial score (nSPS) is 10.9. The van der Waals surface area contributed by atoms with Gasteiger partial charge in [-0.2, -0.15) is 0 Å². The van der Waals surface area contributed by atoms with Crippen molar-refractivity contribution in [2.75, 3.05) is 0 Å². The molecule has 2 heterocycles. The third-order valence-corrected chi connectivity index (χ3v) is 3.97. The summed E-state index contributed by atoms with van der Waals surface area (Å²) >= 11 is 0. The van der Waals surface area contributed by atoms with E-state index in [2.05, 4.69) is 20.3 Å². The molecule has 0 spiro atoms. The lowest BCUT2D eigenvalue weighted by atomic mass is 10.1. The van der Waals surface area contributed by atoms with Crippen molar-refractivity contribution in [2.45, 2.75) is 13.5 Å². The van der Waals surface area contributed by atoms with E-state index in [0.29, 0.717) is 11.5 Å². The van der Waals surface area contributed by atoms with Crippen LogP contribution in [0.25, 0.3) is 22.3 Å². The molecule has 0 aliphatic carbocycles. The van der Waals surface area contributed by atoms with Gasteiger partial charge >= 0.3 is 0 Å². The second kappa shape index (κ2) is 6.24. The lowest BCUT2D eigenvalue weighted by Crippen LogP contribution is -2.22. The molecule has 0 aliphatic heterocycles. The highest BCUT2D eigenvalue weighted by molar-refractivity contribution is 5.97. The number of aromatic nitrogens is 3. The van der Waals surface area contributed by atoms with E-state index in [-0.39, 0.29) is 12.5 Å². The third-order valence-electron chi connectivity index (χ3n) is 3.97. The van der Waals surface area contributed by atoms with Crippen LogP contribution in [0.4, 0.5) is 0 Å². The van der Waals surface area contributed by atoms with E-state index in [4.69, 9.17) is 4.42 Å². The summed E-state index contributed by atoms with van der Waals surface area (Å²) in [4.78, 5) is 24.0. The van der Waals surface area contributed by atoms with Gasteiger partial charge in [0.1, 0.15) is 11.5 Å². The molecule has 0 fully saturated rings. The number of hydrogen-bond donors (Lipinski definition) is 2. The molecule has 2 aromatic carbocycles. The van der Waals surface area contributed by atoms with Gasteiger partial charge in [-0.1, -0.05) is 30.3 Å². The summed E-state index contributed by atoms with van der Waals surface area (Å²) in [5.74, 6) is 1.02. The molecule has 0 atom stereocenters. The summed E-state index contributed by atoms with van der Waals surface area (Å²) < 4.78 is 5.67. The highest BCUT2D eigenvalue weighted by Gasteiger charge is 2.13. The first kappa shape index (κ1) is 15.1. The van der Waals surface area contributed by atoms with Gasteiger partial charge in [0.2, 0.25) is 5.89 Å². The van der Waals surface area contributed by atoms with Gasteiger partial charge in [0.05, 0.1) is 23.9 Å². The standard InChI is InChI=1S/C19H16N4O2/c1-12-18(13-5-3-2-4-6-13)23-17(25-12)10-20-19(24)14-7-8-15-16(9-14)22-11-21-15/h2-9,11H,10H2,1H3,(H,20,24)(H,21,22). The zero-order valence-corrected chi connectivity index (χ0v) is 13.6. The molecule has 4 aromatic rings. The third kappa shape index (κ3) is 3.01. The molecule has 0 saturated carbocycles. The van der Waals surface area contributed by atoms with Crippen LogP contribution in [0.15, 0.2) is 59.3 Å². The number of oxazole rings is 1. The zero-order valence-electron chi connectivity index (χ0n) is 13.6. The van der Waals surface area contributed by atoms with Gasteiger partial charge in [0.15, 0.2) is 0 Å². The van der Waals surface area contributed by atoms with Gasteiger partial charge in [-0.15, -0.1) is 0 Å². The molecule has 0 bridgehead atoms. The number of nitrogens with one attached hydrogen (secondary N) is 2. The second-order valence-electron chi connectivity index (χ2n) is 5.70. The molecule has 4 rings (SSSR count). The molecule has 6 heteroatoms. The number of hydrogen-bond acceptors (Lipinski definition) is 4. The van der Waals surface area contributed by atoms with Crippen LogP contribution in [0.2, 0.25) is 0 Å². The maximum absolute atomic E-state index is 12.3. The number of aryl methyl sites for hydroxylation is 1. The monoisotopic (exact) mass is 332 g/mol. The molecular weight excluding hydrogens is 316 g/mol. The molecule has 2 aromatic heterocycles. The fraction of sp³-hybridized carbons (Fsp3) is 0.105. The maximum atomic E-state index is 12.3. The average Bonchev–Trinajstić information content (AvgIpc) is 3.26. The molecule has 2 N–H and O–H groups in total. The summed E-state index contributed by atoms with van der Waals surface area (Å²) in [6.45, 7) is 2.10. The fourth-order valence-corrected chi connectivity index (χ4v) is 2.73. The fourth-order valence-electron chi connectivity index (χ4n) is 2.73. The Bertz CT molecular complexity index is 1030. The van der Waals surface area contributed by atoms with E-state index in [1.807, 2.05) is 43.3 Å². The van der Waals surface area contributed by atoms with Crippen molar-refractivity contribution in [3.8, 4) is 11.3 Å². The first-order valence-electron chi connectivity index (χ1n) is 7.94. The van der Waals surface area contributed by atoms with E-state index in [1.165, 1.54) is 0 Å². The summed E-state index contributed by atoms with van der Waals surface area (Å²) in [6, 6.07) is 15.1. The zero-order chi connectivity index (χ0) is 17.2. The van der Waals surface area contributed by atoms with Crippen molar-refractivity contribution in [1.82, 2.24) is 20.3 Å². The molecule has 25 heavy (non-hydrogen) atoms. The van der Waals surface area contributed by atoms with Crippen LogP contribution in [0.3, 0.4) is 0 Å². The minimum Gasteiger partial charge on any atom is -0.443 e. The number of fused-ring (bicyclic) bond motifs is 1. The molecule has 0 aliphatic rings. The second-order valence-corrected chi connectivity index (χ2v) is 5.70.